The minimum Gasteiger partial charge on any atom is -0.337 e. The van der Waals surface area contributed by atoms with Crippen LogP contribution in [0.2, 0.25) is 0 Å². The normalized spacial score (nSPS) is 28.0. The number of carbonyl (C=O) groups excluding carboxylic acids is 1. The molecule has 2 saturated heterocycles. The van der Waals surface area contributed by atoms with Gasteiger partial charge in [0.15, 0.2) is 0 Å². The second-order valence-corrected chi connectivity index (χ2v) is 6.48. The van der Waals surface area contributed by atoms with Gasteiger partial charge in [0.25, 0.3) is 5.91 Å². The lowest BCUT2D eigenvalue weighted by atomic mass is 9.95. The Hall–Kier alpha value is -1.81. The predicted molar refractivity (Wildman–Crippen MR) is 82.4 cm³/mol. The monoisotopic (exact) mass is 283 g/mol. The number of aromatic nitrogens is 1. The fraction of sp³-hybridized carbons (Fsp3) is 0.471. The summed E-state index contributed by atoms with van der Waals surface area (Å²) in [7, 11) is 1.96. The summed E-state index contributed by atoms with van der Waals surface area (Å²) in [6, 6.07) is 8.35. The second kappa shape index (κ2) is 4.88. The van der Waals surface area contributed by atoms with Crippen molar-refractivity contribution in [3.63, 3.8) is 0 Å². The van der Waals surface area contributed by atoms with Gasteiger partial charge in [-0.05, 0) is 49.6 Å². The van der Waals surface area contributed by atoms with Crippen molar-refractivity contribution in [2.24, 2.45) is 5.92 Å². The number of amides is 1. The number of likely N-dealkylation sites (N-methyl/N-ethyl adjacent to an activating group) is 1. The minimum absolute atomic E-state index is 0.137. The number of piperidine rings is 1. The first-order valence-electron chi connectivity index (χ1n) is 7.77. The van der Waals surface area contributed by atoms with E-state index in [1.807, 2.05) is 53.0 Å². The number of rotatable bonds is 2. The smallest absolute Gasteiger partial charge is 0.255 e. The van der Waals surface area contributed by atoms with Crippen LogP contribution >= 0.6 is 0 Å². The van der Waals surface area contributed by atoms with E-state index in [9.17, 15) is 4.79 Å². The summed E-state index contributed by atoms with van der Waals surface area (Å²) >= 11 is 0. The summed E-state index contributed by atoms with van der Waals surface area (Å²) in [6.45, 7) is 3.47. The third-order valence-electron chi connectivity index (χ3n) is 5.08. The van der Waals surface area contributed by atoms with E-state index in [1.165, 1.54) is 19.5 Å². The molecule has 4 rings (SSSR count). The Morgan fingerprint density at radius 3 is 3.05 bits per heavy atom. The first kappa shape index (κ1) is 12.9. The number of hydrogen-bond acceptors (Lipinski definition) is 2. The van der Waals surface area contributed by atoms with Crippen LogP contribution in [0, 0.1) is 5.92 Å². The van der Waals surface area contributed by atoms with Crippen molar-refractivity contribution in [3.05, 3.63) is 42.2 Å². The SMILES string of the molecule is CN(C(=O)c1ccc2cccn2c1)[C@@H]1C[C@H]2CCN(C2)C1. The summed E-state index contributed by atoms with van der Waals surface area (Å²) in [5.41, 5.74) is 1.89. The number of carbonyl (C=O) groups is 1. The maximum Gasteiger partial charge on any atom is 0.255 e. The topological polar surface area (TPSA) is 28.0 Å². The van der Waals surface area contributed by atoms with Gasteiger partial charge in [0.05, 0.1) is 5.56 Å². The zero-order valence-corrected chi connectivity index (χ0v) is 12.4. The molecule has 2 aromatic heterocycles. The first-order chi connectivity index (χ1) is 10.2. The van der Waals surface area contributed by atoms with E-state index >= 15 is 0 Å². The quantitative estimate of drug-likeness (QED) is 0.844. The Labute approximate surface area is 125 Å². The zero-order valence-electron chi connectivity index (χ0n) is 12.4. The molecule has 3 atom stereocenters. The molecule has 0 saturated carbocycles. The van der Waals surface area contributed by atoms with Gasteiger partial charge in [-0.2, -0.15) is 0 Å². The molecule has 0 aromatic carbocycles. The van der Waals surface area contributed by atoms with Crippen molar-refractivity contribution in [1.82, 2.24) is 14.2 Å². The van der Waals surface area contributed by atoms with Gasteiger partial charge in [-0.1, -0.05) is 0 Å². The Bertz CT molecular complexity index is 665. The van der Waals surface area contributed by atoms with Crippen molar-refractivity contribution in [1.29, 1.82) is 0 Å². The summed E-state index contributed by atoms with van der Waals surface area (Å²) in [5, 5.41) is 0. The fourth-order valence-electron chi connectivity index (χ4n) is 3.84. The maximum absolute atomic E-state index is 12.7. The largest absolute Gasteiger partial charge is 0.337 e. The van der Waals surface area contributed by atoms with Crippen LogP contribution in [0.15, 0.2) is 36.7 Å². The van der Waals surface area contributed by atoms with Crippen molar-refractivity contribution in [3.8, 4) is 0 Å². The summed E-state index contributed by atoms with van der Waals surface area (Å²) < 4.78 is 2.01. The van der Waals surface area contributed by atoms with E-state index < -0.39 is 0 Å². The highest BCUT2D eigenvalue weighted by Gasteiger charge is 2.35. The molecule has 1 amide bonds. The van der Waals surface area contributed by atoms with Crippen LogP contribution in [-0.2, 0) is 0 Å². The van der Waals surface area contributed by atoms with Crippen molar-refractivity contribution < 1.29 is 4.79 Å². The highest BCUT2D eigenvalue weighted by atomic mass is 16.2. The van der Waals surface area contributed by atoms with Crippen LogP contribution in [0.3, 0.4) is 0 Å². The molecule has 0 aliphatic carbocycles. The Kier molecular flexibility index (Phi) is 3.00. The van der Waals surface area contributed by atoms with Crippen LogP contribution in [0.1, 0.15) is 23.2 Å². The molecule has 4 heterocycles. The third kappa shape index (κ3) is 2.23. The highest BCUT2D eigenvalue weighted by molar-refractivity contribution is 5.94. The van der Waals surface area contributed by atoms with E-state index in [-0.39, 0.29) is 5.91 Å². The standard InChI is InChI=1S/C17H21N3O/c1-18(16-9-13-6-8-19(10-13)12-16)17(21)14-4-5-15-3-2-7-20(15)11-14/h2-5,7,11,13,16H,6,8-10,12H2,1H3/t13-,16-/m1/s1. The Morgan fingerprint density at radius 1 is 1.29 bits per heavy atom. The van der Waals surface area contributed by atoms with Gasteiger partial charge in [0.2, 0.25) is 0 Å². The average molecular weight is 283 g/mol. The van der Waals surface area contributed by atoms with Crippen molar-refractivity contribution in [2.75, 3.05) is 26.7 Å². The molecule has 0 radical (unpaired) electrons. The minimum atomic E-state index is 0.137. The van der Waals surface area contributed by atoms with Gasteiger partial charge < -0.3 is 14.2 Å². The van der Waals surface area contributed by atoms with Gasteiger partial charge in [-0.15, -0.1) is 0 Å². The van der Waals surface area contributed by atoms with E-state index in [0.29, 0.717) is 6.04 Å². The molecule has 1 unspecified atom stereocenters. The maximum atomic E-state index is 12.7. The van der Waals surface area contributed by atoms with E-state index in [1.54, 1.807) is 0 Å². The lowest BCUT2D eigenvalue weighted by molar-refractivity contribution is 0.0632. The molecule has 2 aliphatic rings. The number of fused-ring (bicyclic) bond motifs is 3. The Morgan fingerprint density at radius 2 is 2.19 bits per heavy atom. The Balaban J connectivity index is 1.55. The van der Waals surface area contributed by atoms with Crippen molar-refractivity contribution >= 4 is 11.4 Å². The highest BCUT2D eigenvalue weighted by Crippen LogP contribution is 2.29. The molecule has 0 spiro atoms. The van der Waals surface area contributed by atoms with E-state index in [4.69, 9.17) is 0 Å². The van der Waals surface area contributed by atoms with Crippen LogP contribution < -0.4 is 0 Å². The van der Waals surface area contributed by atoms with E-state index in [2.05, 4.69) is 4.90 Å². The molecular weight excluding hydrogens is 262 g/mol. The number of nitrogens with zero attached hydrogens (tertiary/aromatic N) is 3. The lowest BCUT2D eigenvalue weighted by Crippen LogP contribution is -2.47. The molecule has 4 heteroatoms. The molecule has 2 bridgehead atoms. The number of pyridine rings is 1. The third-order valence-corrected chi connectivity index (χ3v) is 5.08. The summed E-state index contributed by atoms with van der Waals surface area (Å²) in [5.74, 6) is 0.920. The lowest BCUT2D eigenvalue weighted by Gasteiger charge is -2.36. The molecular formula is C17H21N3O. The fourth-order valence-corrected chi connectivity index (χ4v) is 3.84. The second-order valence-electron chi connectivity index (χ2n) is 6.48. The summed E-state index contributed by atoms with van der Waals surface area (Å²) in [6.07, 6.45) is 6.38. The van der Waals surface area contributed by atoms with Gasteiger partial charge >= 0.3 is 0 Å². The van der Waals surface area contributed by atoms with Gasteiger partial charge in [-0.3, -0.25) is 4.79 Å². The van der Waals surface area contributed by atoms with Gasteiger partial charge in [0.1, 0.15) is 0 Å². The van der Waals surface area contributed by atoms with Crippen molar-refractivity contribution in [2.45, 2.75) is 18.9 Å². The molecule has 2 aromatic rings. The van der Waals surface area contributed by atoms with Gasteiger partial charge in [-0.25, -0.2) is 0 Å². The van der Waals surface area contributed by atoms with Crippen LogP contribution in [0.5, 0.6) is 0 Å². The molecule has 21 heavy (non-hydrogen) atoms. The molecule has 2 fully saturated rings. The summed E-state index contributed by atoms with van der Waals surface area (Å²) in [4.78, 5) is 17.2. The molecule has 2 aliphatic heterocycles. The molecule has 0 N–H and O–H groups in total. The average Bonchev–Trinajstić information content (AvgIpc) is 3.11. The van der Waals surface area contributed by atoms with Crippen LogP contribution in [0.25, 0.3) is 5.52 Å². The van der Waals surface area contributed by atoms with Crippen LogP contribution in [-0.4, -0.2) is 52.8 Å². The van der Waals surface area contributed by atoms with E-state index in [0.717, 1.165) is 30.0 Å². The van der Waals surface area contributed by atoms with Gasteiger partial charge in [0, 0.05) is 44.1 Å². The molecule has 110 valence electrons. The first-order valence-corrected chi connectivity index (χ1v) is 7.77. The zero-order chi connectivity index (χ0) is 14.4. The predicted octanol–water partition coefficient (Wildman–Crippen LogP) is 2.11. The molecule has 4 nitrogen and oxygen atoms in total. The number of hydrogen-bond donors (Lipinski definition) is 0. The van der Waals surface area contributed by atoms with Crippen LogP contribution in [0.4, 0.5) is 0 Å².